The van der Waals surface area contributed by atoms with Crippen LogP contribution >= 0.6 is 0 Å². The van der Waals surface area contributed by atoms with Gasteiger partial charge in [0, 0.05) is 0 Å². The Bertz CT molecular complexity index is 578. The molecule has 0 saturated heterocycles. The topological polar surface area (TPSA) is 71.9 Å². The fraction of sp³-hybridized carbons (Fsp3) is 0.182. The number of aromatic nitrogens is 2. The number of nitrogens with zero attached hydrogens (tertiary/aromatic N) is 3. The van der Waals surface area contributed by atoms with Crippen LogP contribution in [0, 0.1) is 11.3 Å². The molecule has 18 heavy (non-hydrogen) atoms. The number of benzene rings is 1. The first kappa shape index (κ1) is 12.0. The Hall–Kier alpha value is -2.49. The van der Waals surface area contributed by atoms with Crippen molar-refractivity contribution >= 4 is 0 Å². The van der Waals surface area contributed by atoms with Gasteiger partial charge in [-0.1, -0.05) is 17.3 Å². The van der Waals surface area contributed by atoms with Gasteiger partial charge in [-0.05, 0) is 12.1 Å². The van der Waals surface area contributed by atoms with Crippen LogP contribution in [0.4, 0.5) is 8.78 Å². The molecule has 0 aliphatic heterocycles. The van der Waals surface area contributed by atoms with Crippen LogP contribution in [-0.4, -0.2) is 16.8 Å². The van der Waals surface area contributed by atoms with E-state index in [2.05, 4.69) is 14.9 Å². The number of alkyl halides is 2. The van der Waals surface area contributed by atoms with E-state index in [1.54, 1.807) is 12.1 Å². The standard InChI is InChI=1S/C11H7F2N3O2/c12-11(13)17-8-4-2-1-3-7(8)10-15-9(5-6-14)18-16-10/h1-4,11H,5H2. The monoisotopic (exact) mass is 251 g/mol. The number of para-hydroxylation sites is 1. The molecular formula is C11H7F2N3O2. The molecular weight excluding hydrogens is 244 g/mol. The zero-order valence-corrected chi connectivity index (χ0v) is 9.01. The summed E-state index contributed by atoms with van der Waals surface area (Å²) in [6.07, 6.45) is -0.0368. The zero-order valence-electron chi connectivity index (χ0n) is 9.01. The van der Waals surface area contributed by atoms with Gasteiger partial charge in [0.1, 0.15) is 12.2 Å². The molecule has 0 N–H and O–H groups in total. The normalized spacial score (nSPS) is 10.3. The van der Waals surface area contributed by atoms with Crippen molar-refractivity contribution in [2.75, 3.05) is 0 Å². The first-order chi connectivity index (χ1) is 8.70. The molecule has 0 unspecified atom stereocenters. The molecule has 5 nitrogen and oxygen atoms in total. The lowest BCUT2D eigenvalue weighted by Gasteiger charge is -2.07. The van der Waals surface area contributed by atoms with Crippen LogP contribution < -0.4 is 4.74 Å². The van der Waals surface area contributed by atoms with Crippen LogP contribution in [0.3, 0.4) is 0 Å². The third-order valence-electron chi connectivity index (χ3n) is 2.04. The minimum absolute atomic E-state index is 0.0368. The maximum absolute atomic E-state index is 12.2. The van der Waals surface area contributed by atoms with E-state index in [-0.39, 0.29) is 29.4 Å². The molecule has 1 heterocycles. The fourth-order valence-electron chi connectivity index (χ4n) is 1.35. The molecule has 0 aliphatic carbocycles. The highest BCUT2D eigenvalue weighted by Gasteiger charge is 2.15. The van der Waals surface area contributed by atoms with Crippen LogP contribution in [0.2, 0.25) is 0 Å². The zero-order chi connectivity index (χ0) is 13.0. The van der Waals surface area contributed by atoms with E-state index in [0.717, 1.165) is 0 Å². The van der Waals surface area contributed by atoms with Gasteiger partial charge >= 0.3 is 6.61 Å². The SMILES string of the molecule is N#CCc1nc(-c2ccccc2OC(F)F)no1. The van der Waals surface area contributed by atoms with Crippen LogP contribution in [0.1, 0.15) is 5.89 Å². The van der Waals surface area contributed by atoms with E-state index in [0.29, 0.717) is 0 Å². The molecule has 1 aromatic carbocycles. The van der Waals surface area contributed by atoms with E-state index in [1.807, 2.05) is 6.07 Å². The van der Waals surface area contributed by atoms with Crippen molar-refractivity contribution in [3.8, 4) is 23.2 Å². The van der Waals surface area contributed by atoms with E-state index >= 15 is 0 Å². The summed E-state index contributed by atoms with van der Waals surface area (Å²) in [6, 6.07) is 7.94. The number of ether oxygens (including phenoxy) is 1. The number of nitriles is 1. The number of hydrogen-bond donors (Lipinski definition) is 0. The third kappa shape index (κ3) is 2.60. The molecule has 0 radical (unpaired) electrons. The van der Waals surface area contributed by atoms with Gasteiger partial charge in [0.25, 0.3) is 0 Å². The molecule has 2 aromatic rings. The lowest BCUT2D eigenvalue weighted by Crippen LogP contribution is -2.03. The summed E-state index contributed by atoms with van der Waals surface area (Å²) >= 11 is 0. The minimum atomic E-state index is -2.93. The van der Waals surface area contributed by atoms with Gasteiger partial charge in [-0.15, -0.1) is 0 Å². The molecule has 0 spiro atoms. The minimum Gasteiger partial charge on any atom is -0.434 e. The predicted octanol–water partition coefficient (Wildman–Crippen LogP) is 2.40. The fourth-order valence-corrected chi connectivity index (χ4v) is 1.35. The van der Waals surface area contributed by atoms with Crippen molar-refractivity contribution in [2.24, 2.45) is 0 Å². The average molecular weight is 251 g/mol. The van der Waals surface area contributed by atoms with Gasteiger partial charge in [-0.3, -0.25) is 0 Å². The lowest BCUT2D eigenvalue weighted by atomic mass is 10.2. The molecule has 0 fully saturated rings. The Kier molecular flexibility index (Phi) is 3.48. The van der Waals surface area contributed by atoms with Crippen molar-refractivity contribution in [3.63, 3.8) is 0 Å². The third-order valence-corrected chi connectivity index (χ3v) is 2.04. The summed E-state index contributed by atoms with van der Waals surface area (Å²) in [5.41, 5.74) is 0.283. The molecule has 0 amide bonds. The van der Waals surface area contributed by atoms with E-state index < -0.39 is 6.61 Å². The van der Waals surface area contributed by atoms with E-state index in [1.165, 1.54) is 12.1 Å². The van der Waals surface area contributed by atoms with Crippen LogP contribution in [-0.2, 0) is 6.42 Å². The Balaban J connectivity index is 2.34. The van der Waals surface area contributed by atoms with Gasteiger partial charge < -0.3 is 9.26 Å². The summed E-state index contributed by atoms with van der Waals surface area (Å²) in [5, 5.41) is 12.1. The largest absolute Gasteiger partial charge is 0.434 e. The van der Waals surface area contributed by atoms with Gasteiger partial charge in [-0.25, -0.2) is 0 Å². The Morgan fingerprint density at radius 2 is 2.17 bits per heavy atom. The molecule has 2 rings (SSSR count). The van der Waals surface area contributed by atoms with Crippen molar-refractivity contribution in [2.45, 2.75) is 13.0 Å². The van der Waals surface area contributed by atoms with Crippen molar-refractivity contribution in [1.29, 1.82) is 5.26 Å². The Morgan fingerprint density at radius 1 is 1.39 bits per heavy atom. The molecule has 7 heteroatoms. The van der Waals surface area contributed by atoms with Crippen LogP contribution in [0.25, 0.3) is 11.4 Å². The first-order valence-corrected chi connectivity index (χ1v) is 4.94. The van der Waals surface area contributed by atoms with Crippen molar-refractivity contribution in [3.05, 3.63) is 30.2 Å². The van der Waals surface area contributed by atoms with Gasteiger partial charge in [0.05, 0.1) is 11.6 Å². The van der Waals surface area contributed by atoms with Gasteiger partial charge in [0.15, 0.2) is 0 Å². The summed E-state index contributed by atoms with van der Waals surface area (Å²) < 4.78 is 33.6. The second kappa shape index (κ2) is 5.23. The summed E-state index contributed by atoms with van der Waals surface area (Å²) in [7, 11) is 0. The van der Waals surface area contributed by atoms with Gasteiger partial charge in [-0.2, -0.15) is 19.0 Å². The molecule has 0 atom stereocenters. The quantitative estimate of drug-likeness (QED) is 0.834. The molecule has 1 aromatic heterocycles. The van der Waals surface area contributed by atoms with E-state index in [9.17, 15) is 8.78 Å². The molecule has 92 valence electrons. The van der Waals surface area contributed by atoms with Crippen molar-refractivity contribution < 1.29 is 18.0 Å². The predicted molar refractivity (Wildman–Crippen MR) is 55.7 cm³/mol. The van der Waals surface area contributed by atoms with Crippen molar-refractivity contribution in [1.82, 2.24) is 10.1 Å². The second-order valence-electron chi connectivity index (χ2n) is 3.22. The highest BCUT2D eigenvalue weighted by molar-refractivity contribution is 5.63. The number of halogens is 2. The summed E-state index contributed by atoms with van der Waals surface area (Å²) in [6.45, 7) is -2.93. The Labute approximate surface area is 101 Å². The van der Waals surface area contributed by atoms with Crippen LogP contribution in [0.15, 0.2) is 28.8 Å². The highest BCUT2D eigenvalue weighted by Crippen LogP contribution is 2.28. The Morgan fingerprint density at radius 3 is 2.89 bits per heavy atom. The number of rotatable bonds is 4. The maximum Gasteiger partial charge on any atom is 0.387 e. The number of hydrogen-bond acceptors (Lipinski definition) is 5. The van der Waals surface area contributed by atoms with Crippen LogP contribution in [0.5, 0.6) is 5.75 Å². The maximum atomic E-state index is 12.2. The smallest absolute Gasteiger partial charge is 0.387 e. The highest BCUT2D eigenvalue weighted by atomic mass is 19.3. The second-order valence-corrected chi connectivity index (χ2v) is 3.22. The van der Waals surface area contributed by atoms with Gasteiger partial charge in [0.2, 0.25) is 11.7 Å². The molecule has 0 bridgehead atoms. The summed E-state index contributed by atoms with van der Waals surface area (Å²) in [4.78, 5) is 3.91. The molecule has 0 saturated carbocycles. The first-order valence-electron chi connectivity index (χ1n) is 4.94. The average Bonchev–Trinajstić information content (AvgIpc) is 2.78. The summed E-state index contributed by atoms with van der Waals surface area (Å²) in [5.74, 6) is 0.188. The lowest BCUT2D eigenvalue weighted by molar-refractivity contribution is -0.0494. The molecule has 0 aliphatic rings. The van der Waals surface area contributed by atoms with E-state index in [4.69, 9.17) is 9.78 Å².